The summed E-state index contributed by atoms with van der Waals surface area (Å²) in [4.78, 5) is 40.5. The largest absolute Gasteiger partial charge is 0.464 e. The molecule has 0 aromatic carbocycles. The SMILES string of the molecule is CCCCCOC(=O)C(C(C)C)N(C)C(=O)C(C(C)C)N(C)C(=O)OCC. The van der Waals surface area contributed by atoms with Crippen molar-refractivity contribution in [3.63, 3.8) is 0 Å². The van der Waals surface area contributed by atoms with E-state index in [1.54, 1.807) is 21.0 Å². The van der Waals surface area contributed by atoms with E-state index in [0.717, 1.165) is 19.3 Å². The number of carbonyl (C=O) groups is 3. The molecule has 27 heavy (non-hydrogen) atoms. The second kappa shape index (κ2) is 12.6. The van der Waals surface area contributed by atoms with Crippen LogP contribution in [0.5, 0.6) is 0 Å². The topological polar surface area (TPSA) is 76.2 Å². The van der Waals surface area contributed by atoms with Gasteiger partial charge in [0, 0.05) is 14.1 Å². The average Bonchev–Trinajstić information content (AvgIpc) is 2.58. The third-order valence-corrected chi connectivity index (χ3v) is 4.49. The van der Waals surface area contributed by atoms with Crippen LogP contribution in [0.1, 0.15) is 60.8 Å². The minimum Gasteiger partial charge on any atom is -0.464 e. The molecule has 7 heteroatoms. The zero-order valence-electron chi connectivity index (χ0n) is 18.3. The van der Waals surface area contributed by atoms with Gasteiger partial charge in [-0.15, -0.1) is 0 Å². The van der Waals surface area contributed by atoms with Gasteiger partial charge in [0.1, 0.15) is 12.1 Å². The number of esters is 1. The second-order valence-corrected chi connectivity index (χ2v) is 7.51. The van der Waals surface area contributed by atoms with Crippen molar-refractivity contribution in [3.8, 4) is 0 Å². The van der Waals surface area contributed by atoms with Crippen molar-refractivity contribution < 1.29 is 23.9 Å². The Hall–Kier alpha value is -1.79. The lowest BCUT2D eigenvalue weighted by molar-refractivity contribution is -0.158. The van der Waals surface area contributed by atoms with Gasteiger partial charge in [0.2, 0.25) is 5.91 Å². The standard InChI is InChI=1S/C20H38N2O5/c1-9-11-12-13-27-19(24)17(15(5)6)21(7)18(23)16(14(3)4)22(8)20(25)26-10-2/h14-17H,9-13H2,1-8H3. The highest BCUT2D eigenvalue weighted by Gasteiger charge is 2.38. The molecule has 2 atom stereocenters. The summed E-state index contributed by atoms with van der Waals surface area (Å²) in [6, 6.07) is -1.42. The zero-order valence-corrected chi connectivity index (χ0v) is 18.3. The number of ether oxygens (including phenoxy) is 2. The van der Waals surface area contributed by atoms with Gasteiger partial charge < -0.3 is 14.4 Å². The summed E-state index contributed by atoms with van der Waals surface area (Å²) in [6.45, 7) is 11.9. The van der Waals surface area contributed by atoms with E-state index in [1.807, 2.05) is 27.7 Å². The van der Waals surface area contributed by atoms with Crippen LogP contribution in [0, 0.1) is 11.8 Å². The summed E-state index contributed by atoms with van der Waals surface area (Å²) in [6.07, 6.45) is 2.29. The van der Waals surface area contributed by atoms with E-state index in [2.05, 4.69) is 6.92 Å². The first-order chi connectivity index (χ1) is 12.6. The number of carbonyl (C=O) groups excluding carboxylic acids is 3. The van der Waals surface area contributed by atoms with E-state index in [4.69, 9.17) is 9.47 Å². The Labute approximate surface area is 164 Å². The van der Waals surface area contributed by atoms with E-state index in [9.17, 15) is 14.4 Å². The van der Waals surface area contributed by atoms with E-state index in [1.165, 1.54) is 9.80 Å². The van der Waals surface area contributed by atoms with Crippen molar-refractivity contribution in [1.29, 1.82) is 0 Å². The minimum atomic E-state index is -0.719. The third-order valence-electron chi connectivity index (χ3n) is 4.49. The van der Waals surface area contributed by atoms with Crippen LogP contribution < -0.4 is 0 Å². The van der Waals surface area contributed by atoms with Crippen LogP contribution in [0.3, 0.4) is 0 Å². The van der Waals surface area contributed by atoms with Gasteiger partial charge in [-0.3, -0.25) is 9.69 Å². The quantitative estimate of drug-likeness (QED) is 0.402. The molecule has 2 amide bonds. The molecule has 0 N–H and O–H groups in total. The molecule has 7 nitrogen and oxygen atoms in total. The van der Waals surface area contributed by atoms with Crippen molar-refractivity contribution in [1.82, 2.24) is 9.80 Å². The molecule has 0 radical (unpaired) electrons. The Balaban J connectivity index is 5.31. The zero-order chi connectivity index (χ0) is 21.1. The maximum atomic E-state index is 13.1. The highest BCUT2D eigenvalue weighted by atomic mass is 16.6. The minimum absolute atomic E-state index is 0.113. The summed E-state index contributed by atoms with van der Waals surface area (Å²) in [5.74, 6) is -0.955. The first kappa shape index (κ1) is 25.2. The summed E-state index contributed by atoms with van der Waals surface area (Å²) >= 11 is 0. The van der Waals surface area contributed by atoms with Gasteiger partial charge in [-0.2, -0.15) is 0 Å². The summed E-state index contributed by atoms with van der Waals surface area (Å²) in [5.41, 5.74) is 0. The van der Waals surface area contributed by atoms with Crippen LogP contribution in [0.2, 0.25) is 0 Å². The number of rotatable bonds is 11. The second-order valence-electron chi connectivity index (χ2n) is 7.51. The van der Waals surface area contributed by atoms with Gasteiger partial charge in [-0.25, -0.2) is 9.59 Å². The Morgan fingerprint density at radius 1 is 0.815 bits per heavy atom. The van der Waals surface area contributed by atoms with Crippen LogP contribution in [0.4, 0.5) is 4.79 Å². The van der Waals surface area contributed by atoms with Crippen LogP contribution in [0.25, 0.3) is 0 Å². The maximum Gasteiger partial charge on any atom is 0.410 e. The average molecular weight is 387 g/mol. The van der Waals surface area contributed by atoms with Crippen molar-refractivity contribution in [2.45, 2.75) is 72.9 Å². The van der Waals surface area contributed by atoms with Crippen molar-refractivity contribution in [3.05, 3.63) is 0 Å². The van der Waals surface area contributed by atoms with Gasteiger partial charge in [-0.05, 0) is 25.2 Å². The Bertz CT molecular complexity index is 479. The van der Waals surface area contributed by atoms with Gasteiger partial charge in [0.15, 0.2) is 0 Å². The molecule has 0 spiro atoms. The molecular weight excluding hydrogens is 348 g/mol. The molecule has 2 unspecified atom stereocenters. The molecule has 0 aromatic rings. The van der Waals surface area contributed by atoms with E-state index in [0.29, 0.717) is 6.61 Å². The van der Waals surface area contributed by atoms with Crippen LogP contribution in [0.15, 0.2) is 0 Å². The highest BCUT2D eigenvalue weighted by molar-refractivity contribution is 5.89. The van der Waals surface area contributed by atoms with E-state index >= 15 is 0 Å². The van der Waals surface area contributed by atoms with Gasteiger partial charge in [0.25, 0.3) is 0 Å². The molecular formula is C20H38N2O5. The first-order valence-electron chi connectivity index (χ1n) is 9.92. The lowest BCUT2D eigenvalue weighted by Crippen LogP contribution is -2.56. The fourth-order valence-corrected chi connectivity index (χ4v) is 3.07. The Kier molecular flexibility index (Phi) is 11.7. The fraction of sp³-hybridized carbons (Fsp3) is 0.850. The molecule has 0 saturated carbocycles. The monoisotopic (exact) mass is 386 g/mol. The Morgan fingerprint density at radius 2 is 1.37 bits per heavy atom. The van der Waals surface area contributed by atoms with Gasteiger partial charge in [-0.1, -0.05) is 47.5 Å². The fourth-order valence-electron chi connectivity index (χ4n) is 3.07. The van der Waals surface area contributed by atoms with Crippen molar-refractivity contribution in [2.75, 3.05) is 27.3 Å². The summed E-state index contributed by atoms with van der Waals surface area (Å²) < 4.78 is 10.4. The summed E-state index contributed by atoms with van der Waals surface area (Å²) in [7, 11) is 3.14. The molecule has 158 valence electrons. The number of nitrogens with zero attached hydrogens (tertiary/aromatic N) is 2. The molecule has 0 aliphatic heterocycles. The van der Waals surface area contributed by atoms with Crippen molar-refractivity contribution in [2.24, 2.45) is 11.8 Å². The molecule has 0 aromatic heterocycles. The predicted octanol–water partition coefficient (Wildman–Crippen LogP) is 3.32. The number of unbranched alkanes of at least 4 members (excludes halogenated alkanes) is 2. The molecule has 0 aliphatic rings. The van der Waals surface area contributed by atoms with Gasteiger partial charge >= 0.3 is 12.1 Å². The maximum absolute atomic E-state index is 13.1. The number of hydrogen-bond acceptors (Lipinski definition) is 5. The first-order valence-corrected chi connectivity index (χ1v) is 9.92. The molecule has 0 fully saturated rings. The smallest absolute Gasteiger partial charge is 0.410 e. The third kappa shape index (κ3) is 7.77. The molecule has 0 bridgehead atoms. The molecule has 0 heterocycles. The normalized spacial score (nSPS) is 13.3. The summed E-state index contributed by atoms with van der Waals surface area (Å²) in [5, 5.41) is 0. The molecule has 0 saturated heterocycles. The Morgan fingerprint density at radius 3 is 1.81 bits per heavy atom. The number of likely N-dealkylation sites (N-methyl/N-ethyl adjacent to an activating group) is 2. The van der Waals surface area contributed by atoms with Gasteiger partial charge in [0.05, 0.1) is 13.2 Å². The number of hydrogen-bond donors (Lipinski definition) is 0. The van der Waals surface area contributed by atoms with E-state index < -0.39 is 24.1 Å². The van der Waals surface area contributed by atoms with E-state index in [-0.39, 0.29) is 24.3 Å². The van der Waals surface area contributed by atoms with Crippen molar-refractivity contribution >= 4 is 18.0 Å². The van der Waals surface area contributed by atoms with Crippen LogP contribution in [-0.4, -0.2) is 67.2 Å². The van der Waals surface area contributed by atoms with Crippen LogP contribution >= 0.6 is 0 Å². The number of amides is 2. The molecule has 0 rings (SSSR count). The lowest BCUT2D eigenvalue weighted by Gasteiger charge is -2.36. The molecule has 0 aliphatic carbocycles. The lowest BCUT2D eigenvalue weighted by atomic mass is 9.98. The highest BCUT2D eigenvalue weighted by Crippen LogP contribution is 2.19. The predicted molar refractivity (Wildman–Crippen MR) is 105 cm³/mol. The van der Waals surface area contributed by atoms with Crippen LogP contribution in [-0.2, 0) is 19.1 Å².